The first-order valence-electron chi connectivity index (χ1n) is 9.29. The quantitative estimate of drug-likeness (QED) is 0.475. The monoisotopic (exact) mass is 370 g/mol. The van der Waals surface area contributed by atoms with E-state index in [9.17, 15) is 4.79 Å². The number of benzene rings is 2. The number of nitrogens with zero attached hydrogens (tertiary/aromatic N) is 2. The van der Waals surface area contributed by atoms with Crippen molar-refractivity contribution in [3.63, 3.8) is 0 Å². The molecular weight excluding hydrogens is 348 g/mol. The van der Waals surface area contributed by atoms with E-state index < -0.39 is 0 Å². The molecule has 0 aliphatic rings. The Balaban J connectivity index is 1.80. The van der Waals surface area contributed by atoms with Gasteiger partial charge < -0.3 is 9.30 Å². The zero-order valence-electron chi connectivity index (χ0n) is 16.1. The summed E-state index contributed by atoms with van der Waals surface area (Å²) >= 11 is 0. The summed E-state index contributed by atoms with van der Waals surface area (Å²) in [6.45, 7) is 2.77. The van der Waals surface area contributed by atoms with Gasteiger partial charge in [-0.1, -0.05) is 42.0 Å². The minimum Gasteiger partial charge on any atom is -0.465 e. The second-order valence-corrected chi connectivity index (χ2v) is 6.97. The zero-order chi connectivity index (χ0) is 19.5. The third-order valence-corrected chi connectivity index (χ3v) is 5.00. The summed E-state index contributed by atoms with van der Waals surface area (Å²) in [5, 5.41) is 1.19. The van der Waals surface area contributed by atoms with Crippen LogP contribution in [0.3, 0.4) is 0 Å². The summed E-state index contributed by atoms with van der Waals surface area (Å²) in [5.41, 5.74) is 6.18. The number of fused-ring (bicyclic) bond motifs is 1. The first kappa shape index (κ1) is 18.0. The molecule has 4 aromatic rings. The first-order chi connectivity index (χ1) is 13.7. The topological polar surface area (TPSA) is 44.1 Å². The third kappa shape index (κ3) is 3.54. The van der Waals surface area contributed by atoms with E-state index in [1.807, 2.05) is 37.4 Å². The lowest BCUT2D eigenvalue weighted by Crippen LogP contribution is -2.10. The molecule has 0 aliphatic heterocycles. The van der Waals surface area contributed by atoms with Crippen molar-refractivity contribution in [1.82, 2.24) is 9.55 Å². The van der Waals surface area contributed by atoms with Crippen molar-refractivity contribution in [1.29, 1.82) is 0 Å². The summed E-state index contributed by atoms with van der Waals surface area (Å²) in [4.78, 5) is 16.5. The van der Waals surface area contributed by atoms with Gasteiger partial charge in [0.25, 0.3) is 0 Å². The number of para-hydroxylation sites is 1. The van der Waals surface area contributed by atoms with Crippen molar-refractivity contribution in [3.05, 3.63) is 101 Å². The number of hydrogen-bond acceptors (Lipinski definition) is 3. The summed E-state index contributed by atoms with van der Waals surface area (Å²) in [7, 11) is 1.42. The number of aryl methyl sites for hydroxylation is 1. The highest BCUT2D eigenvalue weighted by atomic mass is 16.5. The Hall–Kier alpha value is -3.40. The number of carbonyl (C=O) groups is 1. The predicted octanol–water partition coefficient (Wildman–Crippen LogP) is 4.77. The second kappa shape index (κ2) is 7.69. The molecule has 0 amide bonds. The maximum atomic E-state index is 12.2. The predicted molar refractivity (Wildman–Crippen MR) is 111 cm³/mol. The van der Waals surface area contributed by atoms with Crippen LogP contribution in [0.2, 0.25) is 0 Å². The Labute approximate surface area is 164 Å². The molecule has 140 valence electrons. The molecule has 0 unspecified atom stereocenters. The fourth-order valence-electron chi connectivity index (χ4n) is 3.65. The van der Waals surface area contributed by atoms with Crippen LogP contribution in [-0.4, -0.2) is 22.6 Å². The van der Waals surface area contributed by atoms with E-state index in [4.69, 9.17) is 4.74 Å². The molecule has 0 aliphatic carbocycles. The van der Waals surface area contributed by atoms with Crippen molar-refractivity contribution in [2.45, 2.75) is 19.9 Å². The lowest BCUT2D eigenvalue weighted by molar-refractivity contribution is 0.0599. The summed E-state index contributed by atoms with van der Waals surface area (Å²) in [6, 6.07) is 20.5. The highest BCUT2D eigenvalue weighted by molar-refractivity contribution is 5.91. The molecule has 4 heteroatoms. The van der Waals surface area contributed by atoms with Crippen LogP contribution in [0.25, 0.3) is 10.9 Å². The lowest BCUT2D eigenvalue weighted by Gasteiger charge is -2.13. The number of aromatic nitrogens is 2. The van der Waals surface area contributed by atoms with Crippen LogP contribution in [0.4, 0.5) is 0 Å². The molecule has 0 spiro atoms. The Morgan fingerprint density at radius 2 is 1.93 bits per heavy atom. The molecule has 4 rings (SSSR count). The van der Waals surface area contributed by atoms with Gasteiger partial charge in [-0.25, -0.2) is 4.79 Å². The van der Waals surface area contributed by atoms with Crippen molar-refractivity contribution < 1.29 is 9.53 Å². The third-order valence-electron chi connectivity index (χ3n) is 5.00. The molecule has 0 N–H and O–H groups in total. The first-order valence-corrected chi connectivity index (χ1v) is 9.29. The van der Waals surface area contributed by atoms with Gasteiger partial charge in [0.2, 0.25) is 0 Å². The van der Waals surface area contributed by atoms with Crippen LogP contribution < -0.4 is 0 Å². The van der Waals surface area contributed by atoms with Gasteiger partial charge in [-0.15, -0.1) is 0 Å². The van der Waals surface area contributed by atoms with E-state index in [2.05, 4.69) is 45.9 Å². The van der Waals surface area contributed by atoms with Gasteiger partial charge in [-0.2, -0.15) is 0 Å². The molecule has 2 aromatic heterocycles. The number of esters is 1. The van der Waals surface area contributed by atoms with Gasteiger partial charge in [0.05, 0.1) is 12.7 Å². The molecule has 28 heavy (non-hydrogen) atoms. The minimum absolute atomic E-state index is 0.301. The second-order valence-electron chi connectivity index (χ2n) is 6.97. The molecular formula is C24H22N2O2. The molecule has 0 saturated carbocycles. The molecule has 0 fully saturated rings. The van der Waals surface area contributed by atoms with E-state index in [1.54, 1.807) is 6.20 Å². The number of ether oxygens (including phenoxy) is 1. The van der Waals surface area contributed by atoms with E-state index in [0.717, 1.165) is 28.9 Å². The van der Waals surface area contributed by atoms with Crippen LogP contribution in [-0.2, 0) is 17.7 Å². The van der Waals surface area contributed by atoms with Crippen molar-refractivity contribution in [2.24, 2.45) is 0 Å². The number of carbonyl (C=O) groups excluding carboxylic acids is 1. The van der Waals surface area contributed by atoms with Crippen molar-refractivity contribution >= 4 is 16.9 Å². The number of hydrogen-bond donors (Lipinski definition) is 0. The number of methoxy groups -OCH3 is 1. The van der Waals surface area contributed by atoms with Crippen LogP contribution in [0.15, 0.2) is 73.1 Å². The summed E-state index contributed by atoms with van der Waals surface area (Å²) in [5.74, 6) is -0.301. The molecule has 4 nitrogen and oxygen atoms in total. The Kier molecular flexibility index (Phi) is 4.94. The Bertz CT molecular complexity index is 1130. The molecule has 0 bridgehead atoms. The highest BCUT2D eigenvalue weighted by Gasteiger charge is 2.16. The van der Waals surface area contributed by atoms with Crippen LogP contribution in [0, 0.1) is 6.92 Å². The fraction of sp³-hybridized carbons (Fsp3) is 0.167. The standard InChI is InChI=1S/C24H22N2O2/c1-17-9-10-22(24(27)28-2)20(12-17)14-21-13-19-7-3-4-8-23(19)26(21)16-18-6-5-11-25-15-18/h3-13,15H,14,16H2,1-2H3. The zero-order valence-corrected chi connectivity index (χ0v) is 16.1. The maximum Gasteiger partial charge on any atom is 0.338 e. The maximum absolute atomic E-state index is 12.2. The molecule has 0 radical (unpaired) electrons. The summed E-state index contributed by atoms with van der Waals surface area (Å²) in [6.07, 6.45) is 4.33. The smallest absolute Gasteiger partial charge is 0.338 e. The van der Waals surface area contributed by atoms with Gasteiger partial charge in [0.15, 0.2) is 0 Å². The molecule has 2 heterocycles. The highest BCUT2D eigenvalue weighted by Crippen LogP contribution is 2.25. The molecule has 0 atom stereocenters. The fourth-order valence-corrected chi connectivity index (χ4v) is 3.65. The number of rotatable bonds is 5. The van der Waals surface area contributed by atoms with Crippen molar-refractivity contribution in [3.8, 4) is 0 Å². The van der Waals surface area contributed by atoms with Crippen LogP contribution in [0.1, 0.15) is 32.7 Å². The van der Waals surface area contributed by atoms with Gasteiger partial charge >= 0.3 is 5.97 Å². The Morgan fingerprint density at radius 3 is 2.71 bits per heavy atom. The van der Waals surface area contributed by atoms with Gasteiger partial charge in [-0.3, -0.25) is 4.98 Å². The van der Waals surface area contributed by atoms with Crippen molar-refractivity contribution in [2.75, 3.05) is 7.11 Å². The number of pyridine rings is 1. The minimum atomic E-state index is -0.301. The van der Waals surface area contributed by atoms with Crippen LogP contribution >= 0.6 is 0 Å². The SMILES string of the molecule is COC(=O)c1ccc(C)cc1Cc1cc2ccccc2n1Cc1cccnc1. The largest absolute Gasteiger partial charge is 0.465 e. The van der Waals surface area contributed by atoms with E-state index >= 15 is 0 Å². The van der Waals surface area contributed by atoms with Gasteiger partial charge in [0.1, 0.15) is 0 Å². The van der Waals surface area contributed by atoms with E-state index in [0.29, 0.717) is 12.0 Å². The average molecular weight is 370 g/mol. The average Bonchev–Trinajstić information content (AvgIpc) is 3.05. The lowest BCUT2D eigenvalue weighted by atomic mass is 10.00. The molecule has 2 aromatic carbocycles. The normalized spacial score (nSPS) is 10.9. The molecule has 0 saturated heterocycles. The van der Waals surface area contributed by atoms with E-state index in [1.165, 1.54) is 18.0 Å². The van der Waals surface area contributed by atoms with E-state index in [-0.39, 0.29) is 5.97 Å². The Morgan fingerprint density at radius 1 is 1.07 bits per heavy atom. The van der Waals surface area contributed by atoms with Gasteiger partial charge in [-0.05, 0) is 47.7 Å². The summed E-state index contributed by atoms with van der Waals surface area (Å²) < 4.78 is 7.29. The van der Waals surface area contributed by atoms with Gasteiger partial charge in [0, 0.05) is 36.6 Å². The van der Waals surface area contributed by atoms with Crippen LogP contribution in [0.5, 0.6) is 0 Å².